The topological polar surface area (TPSA) is 20.2 Å². The van der Waals surface area contributed by atoms with Crippen LogP contribution >= 0.6 is 35.0 Å². The molecule has 0 saturated heterocycles. The van der Waals surface area contributed by atoms with E-state index < -0.39 is 0 Å². The minimum absolute atomic E-state index is 0.360. The number of thioether (sulfide) groups is 1. The first-order valence-electron chi connectivity index (χ1n) is 4.24. The lowest BCUT2D eigenvalue weighted by Crippen LogP contribution is -2.13. The fraction of sp³-hybridized carbons (Fsp3) is 0.400. The lowest BCUT2D eigenvalue weighted by molar-refractivity contribution is 0.200. The molecule has 0 amide bonds. The number of rotatable bonds is 4. The molecule has 0 heterocycles. The maximum atomic E-state index is 9.60. The molecule has 0 radical (unpaired) electrons. The minimum atomic E-state index is -0.360. The summed E-state index contributed by atoms with van der Waals surface area (Å²) in [6.07, 6.45) is 2.16. The summed E-state index contributed by atoms with van der Waals surface area (Å²) in [5, 5.41) is 10.9. The molecule has 0 aromatic heterocycles. The van der Waals surface area contributed by atoms with Crippen LogP contribution in [0.25, 0.3) is 0 Å². The summed E-state index contributed by atoms with van der Waals surface area (Å²) >= 11 is 13.4. The molecule has 1 atom stereocenters. The lowest BCUT2D eigenvalue weighted by Gasteiger charge is -2.10. The Bertz CT molecular complexity index is 304. The molecule has 0 aliphatic heterocycles. The van der Waals surface area contributed by atoms with Crippen LogP contribution in [0.2, 0.25) is 10.0 Å². The Kier molecular flexibility index (Phi) is 5.10. The summed E-state index contributed by atoms with van der Waals surface area (Å²) in [5.41, 5.74) is 0.903. The standard InChI is InChI=1S/C10H12Cl2OS/c1-14-6-9(13)5-7-4-8(11)2-3-10(7)12/h2-4,9,13H,5-6H2,1H3. The van der Waals surface area contributed by atoms with Gasteiger partial charge in [-0.3, -0.25) is 0 Å². The third-order valence-corrected chi connectivity index (χ3v) is 3.14. The van der Waals surface area contributed by atoms with Crippen molar-refractivity contribution < 1.29 is 5.11 Å². The second-order valence-electron chi connectivity index (χ2n) is 3.05. The van der Waals surface area contributed by atoms with Gasteiger partial charge in [0.2, 0.25) is 0 Å². The first kappa shape index (κ1) is 12.2. The van der Waals surface area contributed by atoms with Gasteiger partial charge in [-0.15, -0.1) is 0 Å². The maximum absolute atomic E-state index is 9.60. The number of hydrogen-bond donors (Lipinski definition) is 1. The van der Waals surface area contributed by atoms with Gasteiger partial charge in [0.05, 0.1) is 6.10 Å². The summed E-state index contributed by atoms with van der Waals surface area (Å²) in [6.45, 7) is 0. The highest BCUT2D eigenvalue weighted by molar-refractivity contribution is 7.98. The summed E-state index contributed by atoms with van der Waals surface area (Å²) in [5.74, 6) is 0.711. The Hall–Kier alpha value is 0.110. The molecule has 78 valence electrons. The van der Waals surface area contributed by atoms with Crippen LogP contribution in [0, 0.1) is 0 Å². The molecule has 1 N–H and O–H groups in total. The molecule has 4 heteroatoms. The van der Waals surface area contributed by atoms with Crippen molar-refractivity contribution >= 4 is 35.0 Å². The third-order valence-electron chi connectivity index (χ3n) is 1.82. The van der Waals surface area contributed by atoms with E-state index in [0.717, 1.165) is 5.56 Å². The lowest BCUT2D eigenvalue weighted by atomic mass is 10.1. The summed E-state index contributed by atoms with van der Waals surface area (Å²) in [6, 6.07) is 5.30. The van der Waals surface area contributed by atoms with Gasteiger partial charge in [0.25, 0.3) is 0 Å². The highest BCUT2D eigenvalue weighted by atomic mass is 35.5. The maximum Gasteiger partial charge on any atom is 0.0671 e. The Labute approximate surface area is 98.4 Å². The molecule has 1 aromatic carbocycles. The van der Waals surface area contributed by atoms with E-state index in [0.29, 0.717) is 22.2 Å². The van der Waals surface area contributed by atoms with E-state index >= 15 is 0 Å². The molecule has 14 heavy (non-hydrogen) atoms. The minimum Gasteiger partial charge on any atom is -0.392 e. The predicted molar refractivity (Wildman–Crippen MR) is 64.6 cm³/mol. The molecule has 1 aromatic rings. The second kappa shape index (κ2) is 5.86. The van der Waals surface area contributed by atoms with E-state index in [2.05, 4.69) is 0 Å². The van der Waals surface area contributed by atoms with Gasteiger partial charge in [0.15, 0.2) is 0 Å². The molecule has 1 nitrogen and oxygen atoms in total. The van der Waals surface area contributed by atoms with E-state index in [-0.39, 0.29) is 6.10 Å². The molecule has 0 aliphatic carbocycles. The number of aliphatic hydroxyl groups excluding tert-OH is 1. The molecule has 0 aliphatic rings. The van der Waals surface area contributed by atoms with Crippen molar-refractivity contribution in [1.29, 1.82) is 0 Å². The van der Waals surface area contributed by atoms with Crippen LogP contribution in [-0.4, -0.2) is 23.2 Å². The third kappa shape index (κ3) is 3.70. The van der Waals surface area contributed by atoms with Gasteiger partial charge in [-0.05, 0) is 30.0 Å². The van der Waals surface area contributed by atoms with Gasteiger partial charge in [-0.2, -0.15) is 11.8 Å². The van der Waals surface area contributed by atoms with E-state index in [1.165, 1.54) is 0 Å². The van der Waals surface area contributed by atoms with Crippen LogP contribution in [-0.2, 0) is 6.42 Å². The van der Waals surface area contributed by atoms with Gasteiger partial charge < -0.3 is 5.11 Å². The number of benzene rings is 1. The molecule has 1 rings (SSSR count). The Morgan fingerprint density at radius 3 is 2.79 bits per heavy atom. The molecule has 0 bridgehead atoms. The van der Waals surface area contributed by atoms with Gasteiger partial charge in [-0.1, -0.05) is 23.2 Å². The fourth-order valence-electron chi connectivity index (χ4n) is 1.20. The summed E-state index contributed by atoms with van der Waals surface area (Å²) in [4.78, 5) is 0. The molecule has 0 fully saturated rings. The summed E-state index contributed by atoms with van der Waals surface area (Å²) in [7, 11) is 0. The molecule has 0 spiro atoms. The average Bonchev–Trinajstić information content (AvgIpc) is 2.12. The van der Waals surface area contributed by atoms with Gasteiger partial charge in [0, 0.05) is 22.2 Å². The smallest absolute Gasteiger partial charge is 0.0671 e. The van der Waals surface area contributed by atoms with E-state index in [1.54, 1.807) is 30.0 Å². The first-order valence-corrected chi connectivity index (χ1v) is 6.39. The Balaban J connectivity index is 2.70. The Morgan fingerprint density at radius 1 is 1.43 bits per heavy atom. The van der Waals surface area contributed by atoms with Crippen LogP contribution in [0.3, 0.4) is 0 Å². The quantitative estimate of drug-likeness (QED) is 0.886. The zero-order valence-electron chi connectivity index (χ0n) is 7.84. The van der Waals surface area contributed by atoms with Gasteiger partial charge >= 0.3 is 0 Å². The van der Waals surface area contributed by atoms with Crippen molar-refractivity contribution in [2.45, 2.75) is 12.5 Å². The Morgan fingerprint density at radius 2 is 2.14 bits per heavy atom. The normalized spacial score (nSPS) is 12.9. The zero-order chi connectivity index (χ0) is 10.6. The van der Waals surface area contributed by atoms with Crippen LogP contribution in [0.15, 0.2) is 18.2 Å². The zero-order valence-corrected chi connectivity index (χ0v) is 10.2. The number of aliphatic hydroxyl groups is 1. The highest BCUT2D eigenvalue weighted by Gasteiger charge is 2.08. The highest BCUT2D eigenvalue weighted by Crippen LogP contribution is 2.22. The SMILES string of the molecule is CSCC(O)Cc1cc(Cl)ccc1Cl. The van der Waals surface area contributed by atoms with E-state index in [9.17, 15) is 5.11 Å². The second-order valence-corrected chi connectivity index (χ2v) is 4.80. The molecule has 1 unspecified atom stereocenters. The monoisotopic (exact) mass is 250 g/mol. The van der Waals surface area contributed by atoms with Crippen LogP contribution in [0.1, 0.15) is 5.56 Å². The predicted octanol–water partition coefficient (Wildman–Crippen LogP) is 3.26. The van der Waals surface area contributed by atoms with Crippen LogP contribution in [0.5, 0.6) is 0 Å². The van der Waals surface area contributed by atoms with Crippen LogP contribution in [0.4, 0.5) is 0 Å². The van der Waals surface area contributed by atoms with Crippen molar-refractivity contribution in [3.8, 4) is 0 Å². The largest absolute Gasteiger partial charge is 0.392 e. The number of hydrogen-bond acceptors (Lipinski definition) is 2. The summed E-state index contributed by atoms with van der Waals surface area (Å²) < 4.78 is 0. The fourth-order valence-corrected chi connectivity index (χ4v) is 2.10. The van der Waals surface area contributed by atoms with Crippen molar-refractivity contribution in [3.63, 3.8) is 0 Å². The van der Waals surface area contributed by atoms with Crippen molar-refractivity contribution in [3.05, 3.63) is 33.8 Å². The molecular formula is C10H12Cl2OS. The first-order chi connectivity index (χ1) is 6.63. The molecule has 0 saturated carbocycles. The van der Waals surface area contributed by atoms with E-state index in [4.69, 9.17) is 23.2 Å². The molecular weight excluding hydrogens is 239 g/mol. The van der Waals surface area contributed by atoms with Crippen molar-refractivity contribution in [1.82, 2.24) is 0 Å². The average molecular weight is 251 g/mol. The number of halogens is 2. The van der Waals surface area contributed by atoms with Gasteiger partial charge in [0.1, 0.15) is 0 Å². The van der Waals surface area contributed by atoms with Gasteiger partial charge in [-0.25, -0.2) is 0 Å². The van der Waals surface area contributed by atoms with Crippen molar-refractivity contribution in [2.24, 2.45) is 0 Å². The van der Waals surface area contributed by atoms with E-state index in [1.807, 2.05) is 6.26 Å². The van der Waals surface area contributed by atoms with Crippen molar-refractivity contribution in [2.75, 3.05) is 12.0 Å². The van der Waals surface area contributed by atoms with Crippen LogP contribution < -0.4 is 0 Å².